The van der Waals surface area contributed by atoms with Gasteiger partial charge in [0.1, 0.15) is 12.2 Å². The second-order valence-corrected chi connectivity index (χ2v) is 14.6. The van der Waals surface area contributed by atoms with Gasteiger partial charge in [0.2, 0.25) is 11.7 Å². The molecule has 5 aromatic heterocycles. The molecule has 1 fully saturated rings. The lowest BCUT2D eigenvalue weighted by atomic mass is 10.1. The Bertz CT molecular complexity index is 2550. The number of halogens is 4. The normalized spacial score (nSPS) is 14.9. The minimum Gasteiger partial charge on any atom is -0.504 e. The highest BCUT2D eigenvalue weighted by molar-refractivity contribution is 7.15. The van der Waals surface area contributed by atoms with Crippen molar-refractivity contribution < 1.29 is 32.6 Å². The Morgan fingerprint density at radius 1 is 1.09 bits per heavy atom. The van der Waals surface area contributed by atoms with E-state index in [1.165, 1.54) is 22.0 Å². The summed E-state index contributed by atoms with van der Waals surface area (Å²) in [7, 11) is 0. The highest BCUT2D eigenvalue weighted by Gasteiger charge is 2.33. The van der Waals surface area contributed by atoms with Gasteiger partial charge >= 0.3 is 6.18 Å². The molecule has 20 heteroatoms. The van der Waals surface area contributed by atoms with E-state index >= 15 is 0 Å². The van der Waals surface area contributed by atoms with E-state index in [0.717, 1.165) is 44.5 Å². The Hall–Kier alpha value is -5.53. The lowest BCUT2D eigenvalue weighted by Gasteiger charge is -2.36. The van der Waals surface area contributed by atoms with E-state index in [1.807, 2.05) is 17.9 Å². The summed E-state index contributed by atoms with van der Waals surface area (Å²) in [6, 6.07) is 6.24. The number of carbonyl (C=O) groups is 2. The number of aromatic nitrogens is 7. The summed E-state index contributed by atoms with van der Waals surface area (Å²) in [6.07, 6.45) is -2.09. The SMILES string of the molecule is CCc1c(N2CCN(C(=O)c3nc4ccnn4c(C)c3O)CC2)c(=O)n2nc(-c3cc4c(s3)COCC4)nc2n1CC(=O)Nc1ccc(C(F)(F)F)cc1Cl. The Morgan fingerprint density at radius 3 is 2.58 bits per heavy atom. The number of hydrogen-bond donors (Lipinski definition) is 2. The third-order valence-corrected chi connectivity index (χ3v) is 11.2. The van der Waals surface area contributed by atoms with E-state index < -0.39 is 29.1 Å². The van der Waals surface area contributed by atoms with Gasteiger partial charge in [0, 0.05) is 37.1 Å². The predicted octanol–water partition coefficient (Wildman–Crippen LogP) is 4.58. The maximum absolute atomic E-state index is 14.4. The van der Waals surface area contributed by atoms with E-state index in [4.69, 9.17) is 21.3 Å². The average molecular weight is 797 g/mol. The molecule has 0 spiro atoms. The average Bonchev–Trinajstić information content (AvgIpc) is 3.93. The molecule has 15 nitrogen and oxygen atoms in total. The lowest BCUT2D eigenvalue weighted by molar-refractivity contribution is -0.137. The Morgan fingerprint density at radius 2 is 1.87 bits per heavy atom. The number of hydrogen-bond acceptors (Lipinski definition) is 11. The lowest BCUT2D eigenvalue weighted by Crippen LogP contribution is -2.51. The van der Waals surface area contributed by atoms with Gasteiger partial charge in [-0.05, 0) is 49.6 Å². The molecule has 0 radical (unpaired) electrons. The molecule has 0 aliphatic carbocycles. The van der Waals surface area contributed by atoms with Crippen molar-refractivity contribution in [3.63, 3.8) is 0 Å². The standard InChI is InChI=1S/C35H32ClF3N10O5S/c1-3-23-29(45-9-11-46(12-10-45)32(52)28-30(51)18(2)48-26(42-28)6-8-40-48)33(53)49-34(43-31(44-49)24-14-19-7-13-54-17-25(19)55-24)47(23)16-27(50)41-22-5-4-20(15-21(22)36)35(37,38)39/h4-6,8,14-15,51H,3,7,9-13,16-17H2,1-2H3,(H,41,50). The van der Waals surface area contributed by atoms with Gasteiger partial charge in [-0.1, -0.05) is 18.5 Å². The predicted molar refractivity (Wildman–Crippen MR) is 196 cm³/mol. The maximum atomic E-state index is 14.4. The van der Waals surface area contributed by atoms with Gasteiger partial charge in [0.15, 0.2) is 22.9 Å². The number of carbonyl (C=O) groups excluding carboxylic acids is 2. The second-order valence-electron chi connectivity index (χ2n) is 13.1. The van der Waals surface area contributed by atoms with Crippen molar-refractivity contribution in [2.24, 2.45) is 0 Å². The highest BCUT2D eigenvalue weighted by atomic mass is 35.5. The molecule has 2 aliphatic rings. The summed E-state index contributed by atoms with van der Waals surface area (Å²) in [5.74, 6) is -1.01. The van der Waals surface area contributed by atoms with Crippen molar-refractivity contribution in [1.29, 1.82) is 0 Å². The summed E-state index contributed by atoms with van der Waals surface area (Å²) in [5, 5.41) is 21.9. The molecule has 55 heavy (non-hydrogen) atoms. The van der Waals surface area contributed by atoms with E-state index in [1.54, 1.807) is 22.5 Å². The number of piperazine rings is 1. The molecule has 7 heterocycles. The van der Waals surface area contributed by atoms with Crippen LogP contribution in [0.4, 0.5) is 24.5 Å². The van der Waals surface area contributed by atoms with Crippen LogP contribution < -0.4 is 15.8 Å². The van der Waals surface area contributed by atoms with Crippen LogP contribution in [0.25, 0.3) is 22.1 Å². The van der Waals surface area contributed by atoms with Crippen molar-refractivity contribution in [3.8, 4) is 16.5 Å². The first kappa shape index (κ1) is 36.4. The fraction of sp³-hybridized carbons (Fsp3) is 0.343. The van der Waals surface area contributed by atoms with Crippen LogP contribution in [0, 0.1) is 6.92 Å². The van der Waals surface area contributed by atoms with Crippen LogP contribution in [-0.2, 0) is 41.7 Å². The Labute approximate surface area is 318 Å². The summed E-state index contributed by atoms with van der Waals surface area (Å²) in [4.78, 5) is 55.9. The molecular formula is C35H32ClF3N10O5S. The first-order chi connectivity index (χ1) is 26.3. The van der Waals surface area contributed by atoms with Gasteiger partial charge in [-0.2, -0.15) is 27.8 Å². The van der Waals surface area contributed by atoms with Gasteiger partial charge in [0.05, 0.1) is 51.9 Å². The number of nitrogens with one attached hydrogen (secondary N) is 1. The molecule has 1 saturated heterocycles. The van der Waals surface area contributed by atoms with Crippen molar-refractivity contribution in [2.75, 3.05) is 43.0 Å². The zero-order valence-electron chi connectivity index (χ0n) is 29.4. The molecule has 0 unspecified atom stereocenters. The summed E-state index contributed by atoms with van der Waals surface area (Å²) >= 11 is 7.61. The number of alkyl halides is 3. The molecule has 0 saturated carbocycles. The van der Waals surface area contributed by atoms with E-state index in [-0.39, 0.29) is 78.6 Å². The zero-order valence-corrected chi connectivity index (χ0v) is 30.9. The molecule has 2 N–H and O–H groups in total. The summed E-state index contributed by atoms with van der Waals surface area (Å²) in [5.41, 5.74) is 1.05. The van der Waals surface area contributed by atoms with Crippen LogP contribution >= 0.6 is 22.9 Å². The van der Waals surface area contributed by atoms with Gasteiger partial charge in [0.25, 0.3) is 11.5 Å². The largest absolute Gasteiger partial charge is 0.504 e. The molecule has 0 bridgehead atoms. The van der Waals surface area contributed by atoms with Crippen molar-refractivity contribution in [1.82, 2.24) is 38.7 Å². The van der Waals surface area contributed by atoms with Gasteiger partial charge in [-0.15, -0.1) is 16.4 Å². The van der Waals surface area contributed by atoms with Crippen LogP contribution in [-0.4, -0.2) is 88.4 Å². The van der Waals surface area contributed by atoms with Crippen LogP contribution in [0.15, 0.2) is 41.3 Å². The smallest absolute Gasteiger partial charge is 0.416 e. The number of rotatable bonds is 7. The minimum absolute atomic E-state index is 0.0209. The van der Waals surface area contributed by atoms with E-state index in [2.05, 4.69) is 20.5 Å². The fourth-order valence-corrected chi connectivity index (χ4v) is 8.23. The highest BCUT2D eigenvalue weighted by Crippen LogP contribution is 2.35. The number of fused-ring (bicyclic) bond motifs is 3. The quantitative estimate of drug-likeness (QED) is 0.234. The van der Waals surface area contributed by atoms with Crippen molar-refractivity contribution >= 4 is 57.6 Å². The first-order valence-corrected chi connectivity index (χ1v) is 18.5. The molecular weight excluding hydrogens is 765 g/mol. The topological polar surface area (TPSA) is 164 Å². The zero-order chi connectivity index (χ0) is 38.8. The number of ether oxygens (including phenoxy) is 1. The molecule has 1 aromatic carbocycles. The number of aryl methyl sites for hydroxylation is 1. The number of benzene rings is 1. The van der Waals surface area contributed by atoms with Crippen LogP contribution in [0.3, 0.4) is 0 Å². The third-order valence-electron chi connectivity index (χ3n) is 9.72. The van der Waals surface area contributed by atoms with E-state index in [9.17, 15) is 32.7 Å². The molecule has 8 rings (SSSR count). The molecule has 286 valence electrons. The van der Waals surface area contributed by atoms with Gasteiger partial charge in [-0.3, -0.25) is 14.4 Å². The molecule has 6 aromatic rings. The Kier molecular flexibility index (Phi) is 9.25. The van der Waals surface area contributed by atoms with Crippen molar-refractivity contribution in [3.05, 3.63) is 85.0 Å². The van der Waals surface area contributed by atoms with Crippen LogP contribution in [0.2, 0.25) is 5.02 Å². The minimum atomic E-state index is -4.62. The van der Waals surface area contributed by atoms with E-state index in [0.29, 0.717) is 30.2 Å². The van der Waals surface area contributed by atoms with Gasteiger partial charge in [-0.25, -0.2) is 9.50 Å². The summed E-state index contributed by atoms with van der Waals surface area (Å²) in [6.45, 7) is 4.93. The van der Waals surface area contributed by atoms with Crippen LogP contribution in [0.1, 0.15) is 44.8 Å². The number of nitrogens with zero attached hydrogens (tertiary/aromatic N) is 9. The Balaban J connectivity index is 1.14. The van der Waals surface area contributed by atoms with Crippen LogP contribution in [0.5, 0.6) is 5.75 Å². The maximum Gasteiger partial charge on any atom is 0.416 e. The summed E-state index contributed by atoms with van der Waals surface area (Å²) < 4.78 is 49.6. The molecule has 0 atom stereocenters. The third kappa shape index (κ3) is 6.54. The fourth-order valence-electron chi connectivity index (χ4n) is 6.93. The molecule has 2 aliphatic heterocycles. The molecule has 2 amide bonds. The number of aromatic hydroxyl groups is 1. The second kappa shape index (κ2) is 14.0. The number of anilines is 2. The monoisotopic (exact) mass is 796 g/mol. The van der Waals surface area contributed by atoms with Crippen molar-refractivity contribution in [2.45, 2.75) is 46.0 Å². The first-order valence-electron chi connectivity index (χ1n) is 17.3. The number of thiophene rings is 1. The number of amides is 2. The van der Waals surface area contributed by atoms with Gasteiger partial charge < -0.3 is 29.5 Å².